The highest BCUT2D eigenvalue weighted by molar-refractivity contribution is 5.86. The first kappa shape index (κ1) is 16.5. The fourth-order valence-electron chi connectivity index (χ4n) is 2.80. The van der Waals surface area contributed by atoms with Gasteiger partial charge in [0.25, 0.3) is 0 Å². The molecule has 132 valence electrons. The molecule has 7 nitrogen and oxygen atoms in total. The maximum atomic E-state index is 9.18. The number of H-pyrrole nitrogens is 1. The second-order valence-electron chi connectivity index (χ2n) is 6.02. The Balaban J connectivity index is 1.51. The molecule has 0 amide bonds. The van der Waals surface area contributed by atoms with E-state index in [1.165, 1.54) is 6.33 Å². The zero-order valence-electron chi connectivity index (χ0n) is 14.6. The molecule has 4 rings (SSSR count). The molecule has 0 aliphatic rings. The number of ether oxygens (including phenoxy) is 1. The van der Waals surface area contributed by atoms with Crippen molar-refractivity contribution < 1.29 is 4.74 Å². The van der Waals surface area contributed by atoms with Gasteiger partial charge in [-0.1, -0.05) is 18.2 Å². The van der Waals surface area contributed by atoms with Gasteiger partial charge in [-0.15, -0.1) is 0 Å². The number of hydrogen-bond acceptors (Lipinski definition) is 6. The smallest absolute Gasteiger partial charge is 0.159 e. The first-order valence-electron chi connectivity index (χ1n) is 8.37. The fourth-order valence-corrected chi connectivity index (χ4v) is 2.80. The van der Waals surface area contributed by atoms with Gasteiger partial charge in [0.2, 0.25) is 0 Å². The lowest BCUT2D eigenvalue weighted by Gasteiger charge is -2.12. The second-order valence-corrected chi connectivity index (χ2v) is 6.02. The number of nitrogens with zero attached hydrogens (tertiary/aromatic N) is 4. The molecule has 0 radical (unpaired) electrons. The van der Waals surface area contributed by atoms with Gasteiger partial charge in [-0.05, 0) is 36.8 Å². The summed E-state index contributed by atoms with van der Waals surface area (Å²) in [4.78, 5) is 8.42. The first-order chi connectivity index (χ1) is 13.2. The van der Waals surface area contributed by atoms with Crippen LogP contribution in [0.5, 0.6) is 5.75 Å². The maximum Gasteiger partial charge on any atom is 0.159 e. The van der Waals surface area contributed by atoms with E-state index < -0.39 is 0 Å². The van der Waals surface area contributed by atoms with Crippen molar-refractivity contribution in [1.82, 2.24) is 20.2 Å². The van der Waals surface area contributed by atoms with Crippen LogP contribution in [0.25, 0.3) is 11.0 Å². The van der Waals surface area contributed by atoms with Gasteiger partial charge >= 0.3 is 0 Å². The summed E-state index contributed by atoms with van der Waals surface area (Å²) < 4.78 is 5.91. The molecule has 0 aliphatic carbocycles. The van der Waals surface area contributed by atoms with E-state index >= 15 is 0 Å². The molecule has 0 atom stereocenters. The molecule has 2 N–H and O–H groups in total. The molecule has 2 aromatic heterocycles. The molecule has 0 aliphatic heterocycles. The molecule has 0 saturated heterocycles. The van der Waals surface area contributed by atoms with Crippen LogP contribution < -0.4 is 10.1 Å². The Bertz CT molecular complexity index is 1140. The van der Waals surface area contributed by atoms with Crippen molar-refractivity contribution in [3.05, 3.63) is 71.7 Å². The zero-order chi connectivity index (χ0) is 18.6. The zero-order valence-corrected chi connectivity index (χ0v) is 14.6. The fraction of sp³-hybridized carbons (Fsp3) is 0.100. The van der Waals surface area contributed by atoms with Crippen LogP contribution in [0.3, 0.4) is 0 Å². The van der Waals surface area contributed by atoms with Gasteiger partial charge in [0.1, 0.15) is 29.7 Å². The van der Waals surface area contributed by atoms with Crippen molar-refractivity contribution in [3.63, 3.8) is 0 Å². The van der Waals surface area contributed by atoms with Crippen LogP contribution in [-0.4, -0.2) is 20.2 Å². The van der Waals surface area contributed by atoms with Crippen molar-refractivity contribution >= 4 is 22.5 Å². The number of aromatic nitrogens is 4. The minimum Gasteiger partial charge on any atom is -0.489 e. The highest BCUT2D eigenvalue weighted by Gasteiger charge is 2.08. The van der Waals surface area contributed by atoms with Crippen molar-refractivity contribution in [3.8, 4) is 11.8 Å². The predicted molar refractivity (Wildman–Crippen MR) is 102 cm³/mol. The molecule has 2 aromatic carbocycles. The molecule has 4 aromatic rings. The normalized spacial score (nSPS) is 10.5. The topological polar surface area (TPSA) is 99.5 Å². The summed E-state index contributed by atoms with van der Waals surface area (Å²) in [7, 11) is 0. The number of benzene rings is 2. The Morgan fingerprint density at radius 2 is 2.07 bits per heavy atom. The number of anilines is 2. The number of fused-ring (bicyclic) bond motifs is 1. The average molecular weight is 356 g/mol. The van der Waals surface area contributed by atoms with Gasteiger partial charge in [-0.25, -0.2) is 9.97 Å². The molecule has 2 heterocycles. The lowest BCUT2D eigenvalue weighted by Crippen LogP contribution is -2.00. The third-order valence-corrected chi connectivity index (χ3v) is 4.20. The Morgan fingerprint density at radius 3 is 2.93 bits per heavy atom. The Morgan fingerprint density at radius 1 is 1.19 bits per heavy atom. The quantitative estimate of drug-likeness (QED) is 0.563. The van der Waals surface area contributed by atoms with Gasteiger partial charge in [0.15, 0.2) is 5.82 Å². The van der Waals surface area contributed by atoms with E-state index in [1.54, 1.807) is 12.3 Å². The monoisotopic (exact) mass is 356 g/mol. The minimum absolute atomic E-state index is 0.345. The minimum atomic E-state index is 0.345. The number of aromatic amines is 1. The standard InChI is InChI=1S/C20H16N6O/c1-13-8-16(25-20-19-17(10-24-26-19)22-12-23-20)6-7-18(13)27-11-15-5-3-2-4-14(15)9-21/h2-8,10,12H,11H2,1H3,(H,24,26)(H,22,23,25). The Labute approximate surface area is 155 Å². The highest BCUT2D eigenvalue weighted by atomic mass is 16.5. The molecule has 7 heteroatoms. The average Bonchev–Trinajstić information content (AvgIpc) is 3.17. The second kappa shape index (κ2) is 7.14. The van der Waals surface area contributed by atoms with Crippen LogP contribution in [0, 0.1) is 18.3 Å². The summed E-state index contributed by atoms with van der Waals surface area (Å²) in [5, 5.41) is 19.3. The Hall–Kier alpha value is -3.92. The third kappa shape index (κ3) is 3.41. The number of rotatable bonds is 5. The van der Waals surface area contributed by atoms with E-state index in [1.807, 2.05) is 43.3 Å². The molecule has 0 bridgehead atoms. The maximum absolute atomic E-state index is 9.18. The van der Waals surface area contributed by atoms with Gasteiger partial charge in [0, 0.05) is 11.3 Å². The molecular formula is C20H16N6O. The van der Waals surface area contributed by atoms with E-state index in [9.17, 15) is 5.26 Å². The van der Waals surface area contributed by atoms with E-state index in [2.05, 4.69) is 31.6 Å². The van der Waals surface area contributed by atoms with Crippen LogP contribution in [0.2, 0.25) is 0 Å². The van der Waals surface area contributed by atoms with Gasteiger partial charge in [-0.2, -0.15) is 10.4 Å². The predicted octanol–water partition coefficient (Wildman–Crippen LogP) is 3.86. The first-order valence-corrected chi connectivity index (χ1v) is 8.37. The van der Waals surface area contributed by atoms with Crippen molar-refractivity contribution in [2.24, 2.45) is 0 Å². The molecule has 0 unspecified atom stereocenters. The molecule has 0 spiro atoms. The SMILES string of the molecule is Cc1cc(Nc2ncnc3cn[nH]c23)ccc1OCc1ccccc1C#N. The summed E-state index contributed by atoms with van der Waals surface area (Å²) in [5.74, 6) is 1.43. The number of nitrogens with one attached hydrogen (secondary N) is 2. The highest BCUT2D eigenvalue weighted by Crippen LogP contribution is 2.26. The largest absolute Gasteiger partial charge is 0.489 e. The third-order valence-electron chi connectivity index (χ3n) is 4.20. The van der Waals surface area contributed by atoms with Crippen molar-refractivity contribution in [2.75, 3.05) is 5.32 Å². The Kier molecular flexibility index (Phi) is 4.37. The summed E-state index contributed by atoms with van der Waals surface area (Å²) in [5.41, 5.74) is 4.85. The van der Waals surface area contributed by atoms with Crippen molar-refractivity contribution in [2.45, 2.75) is 13.5 Å². The van der Waals surface area contributed by atoms with Crippen LogP contribution in [0.15, 0.2) is 55.0 Å². The van der Waals surface area contributed by atoms with Crippen LogP contribution in [-0.2, 0) is 6.61 Å². The van der Waals surface area contributed by atoms with Gasteiger partial charge in [0.05, 0.1) is 17.8 Å². The van der Waals surface area contributed by atoms with E-state index in [-0.39, 0.29) is 0 Å². The number of nitriles is 1. The lowest BCUT2D eigenvalue weighted by molar-refractivity contribution is 0.304. The van der Waals surface area contributed by atoms with Gasteiger partial charge in [-0.3, -0.25) is 5.10 Å². The van der Waals surface area contributed by atoms with Crippen LogP contribution in [0.4, 0.5) is 11.5 Å². The van der Waals surface area contributed by atoms with E-state index in [0.29, 0.717) is 18.0 Å². The molecular weight excluding hydrogens is 340 g/mol. The van der Waals surface area contributed by atoms with Crippen LogP contribution >= 0.6 is 0 Å². The molecule has 27 heavy (non-hydrogen) atoms. The van der Waals surface area contributed by atoms with Gasteiger partial charge < -0.3 is 10.1 Å². The number of hydrogen-bond donors (Lipinski definition) is 2. The van der Waals surface area contributed by atoms with Crippen molar-refractivity contribution in [1.29, 1.82) is 5.26 Å². The molecule has 0 saturated carbocycles. The number of aryl methyl sites for hydroxylation is 1. The summed E-state index contributed by atoms with van der Waals surface area (Å²) in [6.45, 7) is 2.32. The summed E-state index contributed by atoms with van der Waals surface area (Å²) >= 11 is 0. The van der Waals surface area contributed by atoms with E-state index in [0.717, 1.165) is 33.6 Å². The van der Waals surface area contributed by atoms with E-state index in [4.69, 9.17) is 4.74 Å². The molecule has 0 fully saturated rings. The van der Waals surface area contributed by atoms with Crippen LogP contribution in [0.1, 0.15) is 16.7 Å². The lowest BCUT2D eigenvalue weighted by atomic mass is 10.1. The summed E-state index contributed by atoms with van der Waals surface area (Å²) in [6.07, 6.45) is 3.15. The summed E-state index contributed by atoms with van der Waals surface area (Å²) in [6, 6.07) is 15.4.